The lowest BCUT2D eigenvalue weighted by atomic mass is 10.00. The van der Waals surface area contributed by atoms with Gasteiger partial charge in [-0.15, -0.1) is 0 Å². The second-order valence-electron chi connectivity index (χ2n) is 3.99. The molecule has 0 N–H and O–H groups in total. The molecule has 1 nitrogen and oxygen atoms in total. The Morgan fingerprint density at radius 2 is 1.28 bits per heavy atom. The Hall–Kier alpha value is -2.41. The molecule has 0 amide bonds. The lowest BCUT2D eigenvalue weighted by Gasteiger charge is -2.03. The van der Waals surface area contributed by atoms with E-state index in [0.29, 0.717) is 11.1 Å². The largest absolute Gasteiger partial charge is 0.289 e. The van der Waals surface area contributed by atoms with E-state index in [1.54, 1.807) is 12.2 Å². The molecule has 0 unspecified atom stereocenters. The van der Waals surface area contributed by atoms with Crippen molar-refractivity contribution in [1.82, 2.24) is 0 Å². The molecule has 0 atom stereocenters. The first kappa shape index (κ1) is 12.1. The van der Waals surface area contributed by atoms with Crippen molar-refractivity contribution in [3.8, 4) is 0 Å². The van der Waals surface area contributed by atoms with Crippen molar-refractivity contribution in [2.24, 2.45) is 0 Å². The molecule has 0 aromatic heterocycles. The van der Waals surface area contributed by atoms with Crippen molar-refractivity contribution in [2.75, 3.05) is 0 Å². The van der Waals surface area contributed by atoms with E-state index < -0.39 is 0 Å². The van der Waals surface area contributed by atoms with E-state index in [9.17, 15) is 4.79 Å². The van der Waals surface area contributed by atoms with Crippen LogP contribution in [-0.2, 0) is 0 Å². The standard InChI is InChI=1S/C17H14O/c1-3-13-7-5-9-15(11-13)17(18)16-10-6-8-14(4-2)12-16/h3-12H,1-2H2. The van der Waals surface area contributed by atoms with Crippen LogP contribution in [0.3, 0.4) is 0 Å². The summed E-state index contributed by atoms with van der Waals surface area (Å²) in [5.41, 5.74) is 3.24. The normalized spacial score (nSPS) is 9.78. The Kier molecular flexibility index (Phi) is 3.54. The SMILES string of the molecule is C=Cc1cccc(C(=O)c2cccc(C=C)c2)c1. The van der Waals surface area contributed by atoms with E-state index in [4.69, 9.17) is 0 Å². The molecule has 18 heavy (non-hydrogen) atoms. The number of rotatable bonds is 4. The van der Waals surface area contributed by atoms with Crippen molar-refractivity contribution in [2.45, 2.75) is 0 Å². The van der Waals surface area contributed by atoms with Crippen LogP contribution >= 0.6 is 0 Å². The van der Waals surface area contributed by atoms with Crippen LogP contribution < -0.4 is 0 Å². The van der Waals surface area contributed by atoms with Crippen molar-refractivity contribution in [3.63, 3.8) is 0 Å². The monoisotopic (exact) mass is 234 g/mol. The summed E-state index contributed by atoms with van der Waals surface area (Å²) in [5.74, 6) is 0.0161. The van der Waals surface area contributed by atoms with Gasteiger partial charge >= 0.3 is 0 Å². The van der Waals surface area contributed by atoms with Gasteiger partial charge in [0, 0.05) is 11.1 Å². The molecule has 0 fully saturated rings. The van der Waals surface area contributed by atoms with Gasteiger partial charge in [0.05, 0.1) is 0 Å². The molecule has 2 rings (SSSR count). The molecule has 0 radical (unpaired) electrons. The second kappa shape index (κ2) is 5.28. The van der Waals surface area contributed by atoms with Gasteiger partial charge in [0.1, 0.15) is 0 Å². The maximum absolute atomic E-state index is 12.3. The second-order valence-corrected chi connectivity index (χ2v) is 3.99. The van der Waals surface area contributed by atoms with Crippen molar-refractivity contribution in [1.29, 1.82) is 0 Å². The molecule has 2 aromatic carbocycles. The van der Waals surface area contributed by atoms with Crippen molar-refractivity contribution in [3.05, 3.63) is 83.9 Å². The van der Waals surface area contributed by atoms with Crippen LogP contribution in [0, 0.1) is 0 Å². The van der Waals surface area contributed by atoms with Crippen LogP contribution in [-0.4, -0.2) is 5.78 Å². The highest BCUT2D eigenvalue weighted by Gasteiger charge is 2.08. The number of hydrogen-bond acceptors (Lipinski definition) is 1. The number of carbonyl (C=O) groups excluding carboxylic acids is 1. The third kappa shape index (κ3) is 2.46. The minimum Gasteiger partial charge on any atom is -0.289 e. The molecule has 0 aliphatic rings. The summed E-state index contributed by atoms with van der Waals surface area (Å²) in [6, 6.07) is 14.9. The third-order valence-corrected chi connectivity index (χ3v) is 2.77. The first-order valence-electron chi connectivity index (χ1n) is 5.74. The molecule has 0 saturated heterocycles. The number of carbonyl (C=O) groups is 1. The van der Waals surface area contributed by atoms with Gasteiger partial charge in [-0.05, 0) is 23.3 Å². The Balaban J connectivity index is 2.40. The first-order chi connectivity index (χ1) is 8.74. The Morgan fingerprint density at radius 3 is 1.67 bits per heavy atom. The average Bonchev–Trinajstić information content (AvgIpc) is 2.46. The summed E-state index contributed by atoms with van der Waals surface area (Å²) in [5, 5.41) is 0. The molecule has 2 aromatic rings. The predicted molar refractivity (Wildman–Crippen MR) is 76.5 cm³/mol. The molecule has 0 saturated carbocycles. The summed E-state index contributed by atoms with van der Waals surface area (Å²) in [7, 11) is 0. The average molecular weight is 234 g/mol. The highest BCUT2D eigenvalue weighted by atomic mass is 16.1. The summed E-state index contributed by atoms with van der Waals surface area (Å²) >= 11 is 0. The smallest absolute Gasteiger partial charge is 0.193 e. The summed E-state index contributed by atoms with van der Waals surface area (Å²) in [4.78, 5) is 12.3. The van der Waals surface area contributed by atoms with Crippen LogP contribution in [0.5, 0.6) is 0 Å². The molecular formula is C17H14O. The van der Waals surface area contributed by atoms with Gasteiger partial charge in [-0.2, -0.15) is 0 Å². The maximum Gasteiger partial charge on any atom is 0.193 e. The third-order valence-electron chi connectivity index (χ3n) is 2.77. The lowest BCUT2D eigenvalue weighted by Crippen LogP contribution is -2.01. The lowest BCUT2D eigenvalue weighted by molar-refractivity contribution is 0.103. The van der Waals surface area contributed by atoms with Gasteiger partial charge in [0.15, 0.2) is 5.78 Å². The van der Waals surface area contributed by atoms with Gasteiger partial charge < -0.3 is 0 Å². The van der Waals surface area contributed by atoms with E-state index in [2.05, 4.69) is 13.2 Å². The van der Waals surface area contributed by atoms with Gasteiger partial charge in [-0.25, -0.2) is 0 Å². The fraction of sp³-hybridized carbons (Fsp3) is 0. The number of benzene rings is 2. The van der Waals surface area contributed by atoms with Crippen molar-refractivity contribution >= 4 is 17.9 Å². The molecular weight excluding hydrogens is 220 g/mol. The molecule has 0 spiro atoms. The fourth-order valence-electron chi connectivity index (χ4n) is 1.78. The van der Waals surface area contributed by atoms with E-state index in [-0.39, 0.29) is 5.78 Å². The minimum atomic E-state index is 0.0161. The zero-order chi connectivity index (χ0) is 13.0. The molecule has 0 aliphatic carbocycles. The molecule has 0 bridgehead atoms. The number of hydrogen-bond donors (Lipinski definition) is 0. The summed E-state index contributed by atoms with van der Waals surface area (Å²) in [6.07, 6.45) is 3.47. The zero-order valence-corrected chi connectivity index (χ0v) is 10.1. The molecule has 1 heteroatoms. The Bertz CT molecular complexity index is 555. The summed E-state index contributed by atoms with van der Waals surface area (Å²) < 4.78 is 0. The topological polar surface area (TPSA) is 17.1 Å². The van der Waals surface area contributed by atoms with Gasteiger partial charge in [0.2, 0.25) is 0 Å². The highest BCUT2D eigenvalue weighted by molar-refractivity contribution is 6.09. The molecule has 0 aliphatic heterocycles. The van der Waals surface area contributed by atoms with E-state index in [1.165, 1.54) is 0 Å². The summed E-state index contributed by atoms with van der Waals surface area (Å²) in [6.45, 7) is 7.41. The first-order valence-corrected chi connectivity index (χ1v) is 5.74. The fourth-order valence-corrected chi connectivity index (χ4v) is 1.78. The molecule has 0 heterocycles. The van der Waals surface area contributed by atoms with E-state index in [0.717, 1.165) is 11.1 Å². The molecule has 88 valence electrons. The number of ketones is 1. The van der Waals surface area contributed by atoms with Crippen LogP contribution in [0.25, 0.3) is 12.2 Å². The van der Waals surface area contributed by atoms with Gasteiger partial charge in [0.25, 0.3) is 0 Å². The Labute approximate surface area is 107 Å². The quantitative estimate of drug-likeness (QED) is 0.724. The Morgan fingerprint density at radius 1 is 0.833 bits per heavy atom. The predicted octanol–water partition coefficient (Wildman–Crippen LogP) is 4.20. The van der Waals surface area contributed by atoms with E-state index >= 15 is 0 Å². The zero-order valence-electron chi connectivity index (χ0n) is 10.1. The van der Waals surface area contributed by atoms with Crippen molar-refractivity contribution < 1.29 is 4.79 Å². The highest BCUT2D eigenvalue weighted by Crippen LogP contribution is 2.14. The van der Waals surface area contributed by atoms with Gasteiger partial charge in [-0.1, -0.05) is 61.7 Å². The van der Waals surface area contributed by atoms with Crippen LogP contribution in [0.4, 0.5) is 0 Å². The van der Waals surface area contributed by atoms with Crippen LogP contribution in [0.15, 0.2) is 61.7 Å². The minimum absolute atomic E-state index is 0.0161. The van der Waals surface area contributed by atoms with Crippen LogP contribution in [0.1, 0.15) is 27.0 Å². The van der Waals surface area contributed by atoms with Crippen LogP contribution in [0.2, 0.25) is 0 Å². The van der Waals surface area contributed by atoms with E-state index in [1.807, 2.05) is 48.5 Å². The maximum atomic E-state index is 12.3. The van der Waals surface area contributed by atoms with Gasteiger partial charge in [-0.3, -0.25) is 4.79 Å².